The minimum absolute atomic E-state index is 0.0612. The zero-order valence-corrected chi connectivity index (χ0v) is 16.7. The van der Waals surface area contributed by atoms with E-state index in [1.54, 1.807) is 6.07 Å². The van der Waals surface area contributed by atoms with E-state index in [1.807, 2.05) is 37.3 Å². The predicted octanol–water partition coefficient (Wildman–Crippen LogP) is 6.78. The Morgan fingerprint density at radius 2 is 1.83 bits per heavy atom. The third-order valence-electron chi connectivity index (χ3n) is 6.75. The van der Waals surface area contributed by atoms with Gasteiger partial charge in [0.1, 0.15) is 6.17 Å². The largest absolute Gasteiger partial charge is 0.435 e. The van der Waals surface area contributed by atoms with Crippen LogP contribution >= 0.6 is 0 Å². The molecule has 3 aromatic rings. The molecule has 5 unspecified atom stereocenters. The minimum Gasteiger partial charge on any atom is -0.247 e. The van der Waals surface area contributed by atoms with E-state index in [0.717, 1.165) is 28.8 Å². The number of hydrogen-bond donors (Lipinski definition) is 0. The Labute approximate surface area is 172 Å². The maximum atomic E-state index is 14.9. The van der Waals surface area contributed by atoms with Crippen molar-refractivity contribution in [1.82, 2.24) is 9.78 Å². The number of benzene rings is 2. The lowest BCUT2D eigenvalue weighted by Gasteiger charge is -2.43. The van der Waals surface area contributed by atoms with E-state index in [-0.39, 0.29) is 17.8 Å². The van der Waals surface area contributed by atoms with E-state index in [2.05, 4.69) is 18.1 Å². The molecule has 2 aliphatic rings. The lowest BCUT2D eigenvalue weighted by atomic mass is 9.62. The van der Waals surface area contributed by atoms with Crippen LogP contribution in [0.25, 0.3) is 22.5 Å². The van der Waals surface area contributed by atoms with Crippen molar-refractivity contribution in [3.8, 4) is 5.69 Å². The molecule has 0 saturated heterocycles. The fourth-order valence-electron chi connectivity index (χ4n) is 5.36. The Kier molecular flexibility index (Phi) is 4.31. The van der Waals surface area contributed by atoms with Crippen molar-refractivity contribution in [2.75, 3.05) is 0 Å². The second kappa shape index (κ2) is 6.69. The quantitative estimate of drug-likeness (QED) is 0.401. The van der Waals surface area contributed by atoms with E-state index in [9.17, 15) is 17.6 Å². The van der Waals surface area contributed by atoms with Crippen molar-refractivity contribution in [3.05, 3.63) is 65.5 Å². The van der Waals surface area contributed by atoms with Crippen LogP contribution in [0.15, 0.2) is 48.7 Å². The predicted molar refractivity (Wildman–Crippen MR) is 109 cm³/mol. The molecule has 0 N–H and O–H groups in total. The second-order valence-electron chi connectivity index (χ2n) is 8.71. The highest BCUT2D eigenvalue weighted by Gasteiger charge is 2.43. The molecule has 1 fully saturated rings. The Balaban J connectivity index is 1.57. The molecule has 5 rings (SSSR count). The van der Waals surface area contributed by atoms with E-state index < -0.39 is 18.0 Å². The molecule has 0 spiro atoms. The molecule has 1 heterocycles. The number of allylic oxidation sites excluding steroid dienone is 1. The number of hydrogen-bond acceptors (Lipinski definition) is 1. The van der Waals surface area contributed by atoms with Crippen LogP contribution in [-0.4, -0.2) is 16.0 Å². The normalized spacial score (nSPS) is 28.4. The Morgan fingerprint density at radius 3 is 2.57 bits per heavy atom. The summed E-state index contributed by atoms with van der Waals surface area (Å²) in [6, 6.07) is 10.6. The Morgan fingerprint density at radius 1 is 1.03 bits per heavy atom. The van der Waals surface area contributed by atoms with Gasteiger partial charge in [-0.25, -0.2) is 9.07 Å². The van der Waals surface area contributed by atoms with Crippen LogP contribution < -0.4 is 0 Å². The van der Waals surface area contributed by atoms with Gasteiger partial charge in [-0.3, -0.25) is 0 Å². The molecule has 0 bridgehead atoms. The summed E-state index contributed by atoms with van der Waals surface area (Å²) in [4.78, 5) is 0. The molecule has 156 valence electrons. The summed E-state index contributed by atoms with van der Waals surface area (Å²) in [6.45, 7) is 4.19. The summed E-state index contributed by atoms with van der Waals surface area (Å²) in [6.07, 6.45) is 0.917. The van der Waals surface area contributed by atoms with Gasteiger partial charge in [-0.2, -0.15) is 18.3 Å². The van der Waals surface area contributed by atoms with Crippen LogP contribution in [-0.2, 0) is 6.18 Å². The summed E-state index contributed by atoms with van der Waals surface area (Å²) in [5.74, 6) is 0.506. The summed E-state index contributed by atoms with van der Waals surface area (Å²) >= 11 is 0. The van der Waals surface area contributed by atoms with Gasteiger partial charge in [0, 0.05) is 12.1 Å². The zero-order valence-electron chi connectivity index (χ0n) is 16.7. The molecule has 0 radical (unpaired) electrons. The maximum absolute atomic E-state index is 14.9. The van der Waals surface area contributed by atoms with Gasteiger partial charge in [0.2, 0.25) is 0 Å². The summed E-state index contributed by atoms with van der Waals surface area (Å²) < 4.78 is 54.7. The van der Waals surface area contributed by atoms with Gasteiger partial charge in [-0.15, -0.1) is 0 Å². The van der Waals surface area contributed by atoms with Crippen molar-refractivity contribution < 1.29 is 17.6 Å². The molecule has 1 aromatic heterocycles. The lowest BCUT2D eigenvalue weighted by molar-refractivity contribution is -0.141. The topological polar surface area (TPSA) is 17.8 Å². The van der Waals surface area contributed by atoms with Crippen molar-refractivity contribution >= 4 is 16.8 Å². The monoisotopic (exact) mass is 414 g/mol. The fraction of sp³-hybridized carbons (Fsp3) is 0.375. The van der Waals surface area contributed by atoms with Crippen LogP contribution in [0.4, 0.5) is 17.6 Å². The number of rotatable bonds is 1. The first-order valence-electron chi connectivity index (χ1n) is 10.3. The minimum atomic E-state index is -4.47. The number of nitrogens with zero attached hydrogens (tertiary/aromatic N) is 2. The lowest BCUT2D eigenvalue weighted by Crippen LogP contribution is -2.38. The van der Waals surface area contributed by atoms with Gasteiger partial charge in [-0.1, -0.05) is 44.2 Å². The molecule has 2 nitrogen and oxygen atoms in total. The maximum Gasteiger partial charge on any atom is 0.435 e. The number of fused-ring (bicyclic) bond motifs is 5. The summed E-state index contributed by atoms with van der Waals surface area (Å²) in [5, 5.41) is 5.61. The van der Waals surface area contributed by atoms with E-state index >= 15 is 0 Å². The smallest absolute Gasteiger partial charge is 0.247 e. The molecule has 2 aromatic carbocycles. The van der Waals surface area contributed by atoms with Gasteiger partial charge in [0.05, 0.1) is 5.69 Å². The van der Waals surface area contributed by atoms with E-state index in [0.29, 0.717) is 11.6 Å². The first-order valence-corrected chi connectivity index (χ1v) is 10.3. The first kappa shape index (κ1) is 19.3. The standard InChI is InChI=1S/C24H22F4N2/c1-13-11-14(2)23(25)20-8-7-18-17-6-4-16(12-15(17)3-5-19(18)22(13)20)30-10-9-21(29-30)24(26,27)28/h3-10,12-14,20,22-23H,11H2,1-2H3. The highest BCUT2D eigenvalue weighted by Crippen LogP contribution is 2.50. The zero-order chi connectivity index (χ0) is 21.2. The summed E-state index contributed by atoms with van der Waals surface area (Å²) in [5.41, 5.74) is 1.91. The molecule has 5 atom stereocenters. The van der Waals surface area contributed by atoms with Gasteiger partial charge < -0.3 is 0 Å². The highest BCUT2D eigenvalue weighted by atomic mass is 19.4. The average Bonchev–Trinajstić information content (AvgIpc) is 3.21. The molecule has 6 heteroatoms. The van der Waals surface area contributed by atoms with Crippen molar-refractivity contribution in [2.45, 2.75) is 38.5 Å². The highest BCUT2D eigenvalue weighted by molar-refractivity contribution is 5.94. The van der Waals surface area contributed by atoms with Crippen LogP contribution in [0, 0.1) is 17.8 Å². The molecular formula is C24H22F4N2. The molecule has 0 amide bonds. The Hall–Kier alpha value is -2.63. The van der Waals surface area contributed by atoms with Crippen molar-refractivity contribution in [3.63, 3.8) is 0 Å². The third-order valence-corrected chi connectivity index (χ3v) is 6.75. The fourth-order valence-corrected chi connectivity index (χ4v) is 5.36. The van der Waals surface area contributed by atoms with Gasteiger partial charge in [0.25, 0.3) is 0 Å². The summed E-state index contributed by atoms with van der Waals surface area (Å²) in [7, 11) is 0. The molecule has 1 saturated carbocycles. The van der Waals surface area contributed by atoms with Crippen LogP contribution in [0.3, 0.4) is 0 Å². The number of alkyl halides is 4. The third kappa shape index (κ3) is 2.96. The van der Waals surface area contributed by atoms with Crippen molar-refractivity contribution in [2.24, 2.45) is 17.8 Å². The van der Waals surface area contributed by atoms with E-state index in [4.69, 9.17) is 0 Å². The molecule has 30 heavy (non-hydrogen) atoms. The van der Waals surface area contributed by atoms with Gasteiger partial charge >= 0.3 is 6.18 Å². The van der Waals surface area contributed by atoms with Crippen molar-refractivity contribution in [1.29, 1.82) is 0 Å². The molecule has 2 aliphatic carbocycles. The number of halogens is 4. The van der Waals surface area contributed by atoms with Crippen LogP contribution in [0.1, 0.15) is 43.0 Å². The SMILES string of the molecule is CC1CC(C)C2c3ccc4cc(-n5ccc(C(F)(F)F)n5)ccc4c3C=CC2C1F. The number of aromatic nitrogens is 2. The van der Waals surface area contributed by atoms with Gasteiger partial charge in [-0.05, 0) is 64.3 Å². The van der Waals surface area contributed by atoms with E-state index in [1.165, 1.54) is 16.4 Å². The van der Waals surface area contributed by atoms with Crippen LogP contribution in [0.2, 0.25) is 0 Å². The molecule has 0 aliphatic heterocycles. The Bertz CT molecular complexity index is 1140. The second-order valence-corrected chi connectivity index (χ2v) is 8.71. The first-order chi connectivity index (χ1) is 14.2. The average molecular weight is 414 g/mol. The van der Waals surface area contributed by atoms with Crippen LogP contribution in [0.5, 0.6) is 0 Å². The molecular weight excluding hydrogens is 392 g/mol. The van der Waals surface area contributed by atoms with Gasteiger partial charge in [0.15, 0.2) is 5.69 Å².